The van der Waals surface area contributed by atoms with Crippen molar-refractivity contribution in [2.45, 2.75) is 38.3 Å². The molecule has 1 fully saturated rings. The van der Waals surface area contributed by atoms with Crippen LogP contribution in [0.2, 0.25) is 0 Å². The van der Waals surface area contributed by atoms with E-state index in [1.807, 2.05) is 30.1 Å². The largest absolute Gasteiger partial charge is 0.309 e. The van der Waals surface area contributed by atoms with Crippen LogP contribution in [0.1, 0.15) is 26.2 Å². The minimum Gasteiger partial charge on any atom is -0.309 e. The Morgan fingerprint density at radius 2 is 2.24 bits per heavy atom. The van der Waals surface area contributed by atoms with Crippen molar-refractivity contribution in [3.05, 3.63) is 24.4 Å². The van der Waals surface area contributed by atoms with Crippen molar-refractivity contribution >= 4 is 11.7 Å². The Morgan fingerprint density at radius 3 is 2.88 bits per heavy atom. The van der Waals surface area contributed by atoms with Crippen molar-refractivity contribution in [3.63, 3.8) is 0 Å². The molecule has 4 nitrogen and oxygen atoms in total. The van der Waals surface area contributed by atoms with E-state index in [9.17, 15) is 4.79 Å². The lowest BCUT2D eigenvalue weighted by Gasteiger charge is -2.28. The average molecular weight is 233 g/mol. The van der Waals surface area contributed by atoms with Crippen LogP contribution in [0.5, 0.6) is 0 Å². The summed E-state index contributed by atoms with van der Waals surface area (Å²) < 4.78 is 0. The van der Waals surface area contributed by atoms with Gasteiger partial charge in [-0.2, -0.15) is 0 Å². The number of amides is 1. The maximum Gasteiger partial charge on any atom is 0.245 e. The molecule has 1 saturated heterocycles. The van der Waals surface area contributed by atoms with Gasteiger partial charge in [0, 0.05) is 12.2 Å². The van der Waals surface area contributed by atoms with Crippen molar-refractivity contribution in [3.8, 4) is 0 Å². The summed E-state index contributed by atoms with van der Waals surface area (Å²) in [6.07, 6.45) is 4.74. The molecule has 2 atom stereocenters. The molecule has 0 spiro atoms. The average Bonchev–Trinajstić information content (AvgIpc) is 2.49. The van der Waals surface area contributed by atoms with Crippen LogP contribution >= 0.6 is 0 Å². The lowest BCUT2D eigenvalue weighted by molar-refractivity contribution is -0.120. The molecule has 1 aromatic heterocycles. The molecule has 1 aromatic rings. The monoisotopic (exact) mass is 233 g/mol. The smallest absolute Gasteiger partial charge is 0.245 e. The first kappa shape index (κ1) is 12.0. The van der Waals surface area contributed by atoms with Crippen molar-refractivity contribution in [2.24, 2.45) is 0 Å². The molecule has 1 amide bonds. The van der Waals surface area contributed by atoms with Crippen LogP contribution in [-0.2, 0) is 4.79 Å². The Morgan fingerprint density at radius 1 is 1.41 bits per heavy atom. The molecule has 2 rings (SSSR count). The maximum absolute atomic E-state index is 12.4. The number of likely N-dealkylation sites (N-methyl/N-ethyl adjacent to an activating group) is 1. The minimum atomic E-state index is -0.0815. The summed E-state index contributed by atoms with van der Waals surface area (Å²) in [6.45, 7) is 2.09. The van der Waals surface area contributed by atoms with Gasteiger partial charge in [-0.15, -0.1) is 0 Å². The normalized spacial score (nSPS) is 25.8. The van der Waals surface area contributed by atoms with Crippen LogP contribution in [0.15, 0.2) is 24.4 Å². The number of anilines is 1. The molecular weight excluding hydrogens is 214 g/mol. The van der Waals surface area contributed by atoms with E-state index >= 15 is 0 Å². The van der Waals surface area contributed by atoms with Gasteiger partial charge in [-0.05, 0) is 45.4 Å². The molecule has 1 aliphatic heterocycles. The molecular formula is C13H19N3O. The number of aromatic nitrogens is 1. The second-order valence-corrected chi connectivity index (χ2v) is 4.52. The fourth-order valence-electron chi connectivity index (χ4n) is 2.36. The minimum absolute atomic E-state index is 0.0815. The highest BCUT2D eigenvalue weighted by Gasteiger charge is 2.31. The summed E-state index contributed by atoms with van der Waals surface area (Å²) in [6, 6.07) is 5.82. The molecule has 0 aromatic carbocycles. The van der Waals surface area contributed by atoms with Crippen molar-refractivity contribution in [2.75, 3.05) is 11.9 Å². The number of pyridine rings is 1. The Balaban J connectivity index is 2.31. The summed E-state index contributed by atoms with van der Waals surface area (Å²) in [5, 5.41) is 3.09. The highest BCUT2D eigenvalue weighted by atomic mass is 16.2. The van der Waals surface area contributed by atoms with Gasteiger partial charge >= 0.3 is 0 Å². The zero-order chi connectivity index (χ0) is 12.3. The van der Waals surface area contributed by atoms with Crippen LogP contribution in [0.25, 0.3) is 0 Å². The van der Waals surface area contributed by atoms with E-state index in [1.165, 1.54) is 0 Å². The zero-order valence-electron chi connectivity index (χ0n) is 10.4. The maximum atomic E-state index is 12.4. The highest BCUT2D eigenvalue weighted by molar-refractivity contribution is 5.97. The third kappa shape index (κ3) is 2.47. The number of nitrogens with zero attached hydrogens (tertiary/aromatic N) is 2. The molecule has 1 N–H and O–H groups in total. The van der Waals surface area contributed by atoms with Crippen molar-refractivity contribution in [1.82, 2.24) is 10.3 Å². The summed E-state index contributed by atoms with van der Waals surface area (Å²) in [7, 11) is 1.84. The fraction of sp³-hybridized carbons (Fsp3) is 0.538. The number of carbonyl (C=O) groups excluding carboxylic acids is 1. The second kappa shape index (κ2) is 5.27. The van der Waals surface area contributed by atoms with Gasteiger partial charge in [0.2, 0.25) is 5.91 Å². The molecule has 1 aliphatic rings. The summed E-state index contributed by atoms with van der Waals surface area (Å²) >= 11 is 0. The summed E-state index contributed by atoms with van der Waals surface area (Å²) in [5.74, 6) is 0.892. The molecule has 0 aliphatic carbocycles. The number of carbonyl (C=O) groups is 1. The van der Waals surface area contributed by atoms with Crippen molar-refractivity contribution < 1.29 is 4.79 Å². The van der Waals surface area contributed by atoms with Crippen LogP contribution in [0.4, 0.5) is 5.82 Å². The topological polar surface area (TPSA) is 45.2 Å². The third-order valence-corrected chi connectivity index (χ3v) is 3.34. The number of rotatable bonds is 2. The predicted molar refractivity (Wildman–Crippen MR) is 67.9 cm³/mol. The predicted octanol–water partition coefficient (Wildman–Crippen LogP) is 1.57. The van der Waals surface area contributed by atoms with Gasteiger partial charge in [0.15, 0.2) is 0 Å². The molecule has 4 heteroatoms. The van der Waals surface area contributed by atoms with Gasteiger partial charge in [-0.25, -0.2) is 4.98 Å². The van der Waals surface area contributed by atoms with Gasteiger partial charge in [0.1, 0.15) is 5.82 Å². The van der Waals surface area contributed by atoms with E-state index in [2.05, 4.69) is 17.2 Å². The molecule has 0 saturated carbocycles. The van der Waals surface area contributed by atoms with E-state index in [1.54, 1.807) is 6.20 Å². The first-order valence-corrected chi connectivity index (χ1v) is 6.15. The van der Waals surface area contributed by atoms with E-state index in [0.717, 1.165) is 25.1 Å². The fourth-order valence-corrected chi connectivity index (χ4v) is 2.36. The first-order chi connectivity index (χ1) is 8.24. The number of hydrogen-bond donors (Lipinski definition) is 1. The Labute approximate surface area is 102 Å². The lowest BCUT2D eigenvalue weighted by atomic mass is 10.1. The van der Waals surface area contributed by atoms with E-state index < -0.39 is 0 Å². The SMILES string of the molecule is CNC1CCCC(C)N(c2ccccn2)C1=O. The lowest BCUT2D eigenvalue weighted by Crippen LogP contribution is -2.47. The van der Waals surface area contributed by atoms with Gasteiger partial charge < -0.3 is 5.32 Å². The third-order valence-electron chi connectivity index (χ3n) is 3.34. The molecule has 92 valence electrons. The number of nitrogens with one attached hydrogen (secondary N) is 1. The zero-order valence-corrected chi connectivity index (χ0v) is 10.4. The van der Waals surface area contributed by atoms with Crippen LogP contribution < -0.4 is 10.2 Å². The van der Waals surface area contributed by atoms with Crippen LogP contribution in [-0.4, -0.2) is 30.0 Å². The highest BCUT2D eigenvalue weighted by Crippen LogP contribution is 2.23. The Bertz CT molecular complexity index is 380. The standard InChI is InChI=1S/C13H19N3O/c1-10-6-5-7-11(14-2)13(17)16(10)12-8-3-4-9-15-12/h3-4,8-11,14H,5-7H2,1-2H3. The summed E-state index contributed by atoms with van der Waals surface area (Å²) in [5.41, 5.74) is 0. The molecule has 2 unspecified atom stereocenters. The quantitative estimate of drug-likeness (QED) is 0.843. The van der Waals surface area contributed by atoms with Crippen molar-refractivity contribution in [1.29, 1.82) is 0 Å². The van der Waals surface area contributed by atoms with Gasteiger partial charge in [0.25, 0.3) is 0 Å². The first-order valence-electron chi connectivity index (χ1n) is 6.15. The Kier molecular flexibility index (Phi) is 3.74. The number of hydrogen-bond acceptors (Lipinski definition) is 3. The van der Waals surface area contributed by atoms with Crippen LogP contribution in [0.3, 0.4) is 0 Å². The van der Waals surface area contributed by atoms with E-state index in [0.29, 0.717) is 0 Å². The molecule has 0 radical (unpaired) electrons. The van der Waals surface area contributed by atoms with Gasteiger partial charge in [-0.1, -0.05) is 6.07 Å². The van der Waals surface area contributed by atoms with Crippen LogP contribution in [0, 0.1) is 0 Å². The summed E-state index contributed by atoms with van der Waals surface area (Å²) in [4.78, 5) is 18.5. The van der Waals surface area contributed by atoms with E-state index in [4.69, 9.17) is 0 Å². The second-order valence-electron chi connectivity index (χ2n) is 4.52. The molecule has 2 heterocycles. The van der Waals surface area contributed by atoms with Gasteiger partial charge in [-0.3, -0.25) is 9.69 Å². The molecule has 0 bridgehead atoms. The van der Waals surface area contributed by atoms with Gasteiger partial charge in [0.05, 0.1) is 6.04 Å². The molecule has 17 heavy (non-hydrogen) atoms. The van der Waals surface area contributed by atoms with E-state index in [-0.39, 0.29) is 18.0 Å². The Hall–Kier alpha value is -1.42.